The van der Waals surface area contributed by atoms with Crippen LogP contribution < -0.4 is 9.50 Å². The second-order valence-electron chi connectivity index (χ2n) is 8.00. The van der Waals surface area contributed by atoms with Crippen molar-refractivity contribution >= 4 is 16.2 Å². The van der Waals surface area contributed by atoms with Gasteiger partial charge in [-0.05, 0) is 48.9 Å². The molecule has 0 spiro atoms. The Kier molecular flexibility index (Phi) is 8.25. The second kappa shape index (κ2) is 10.4. The van der Waals surface area contributed by atoms with Gasteiger partial charge in [0.15, 0.2) is 0 Å². The highest BCUT2D eigenvalue weighted by atomic mass is 32.2. The molecule has 29 heavy (non-hydrogen) atoms. The molecule has 0 saturated carbocycles. The lowest BCUT2D eigenvalue weighted by Gasteiger charge is -2.09. The van der Waals surface area contributed by atoms with Gasteiger partial charge < -0.3 is 9.50 Å². The summed E-state index contributed by atoms with van der Waals surface area (Å²) in [6.45, 7) is 9.05. The number of benzene rings is 1. The van der Waals surface area contributed by atoms with Crippen LogP contribution in [0.1, 0.15) is 63.0 Å². The van der Waals surface area contributed by atoms with Crippen molar-refractivity contribution < 1.29 is 17.4 Å². The number of carbonyl (C=O) groups excluding carboxylic acids is 1. The first kappa shape index (κ1) is 22.9. The van der Waals surface area contributed by atoms with E-state index in [1.807, 2.05) is 13.8 Å². The topological polar surface area (TPSA) is 90.3 Å². The molecule has 0 aliphatic rings. The lowest BCUT2D eigenvalue weighted by atomic mass is 10.1. The van der Waals surface area contributed by atoms with Crippen molar-refractivity contribution in [2.45, 2.75) is 53.4 Å². The van der Waals surface area contributed by atoms with Gasteiger partial charge in [0.25, 0.3) is 5.91 Å². The molecule has 1 aromatic carbocycles. The maximum absolute atomic E-state index is 12.4. The van der Waals surface area contributed by atoms with Gasteiger partial charge in [-0.25, -0.2) is 8.96 Å². The average Bonchev–Trinajstić information content (AvgIpc) is 3.10. The van der Waals surface area contributed by atoms with Crippen molar-refractivity contribution in [3.8, 4) is 5.75 Å². The van der Waals surface area contributed by atoms with Crippen molar-refractivity contribution in [3.63, 3.8) is 0 Å². The lowest BCUT2D eigenvalue weighted by molar-refractivity contribution is 0.0953. The molecule has 0 atom stereocenters. The largest absolute Gasteiger partial charge is 0.414 e. The van der Waals surface area contributed by atoms with E-state index < -0.39 is 10.3 Å². The second-order valence-corrected chi connectivity index (χ2v) is 9.45. The standard InChI is InChI=1S/C21H31N3O4S/c1-16(2)7-5-6-12-22-21(25)18-8-10-20(11-9-18)28-29(26,27)24-14-19(23-15-24)13-17(3)4/h8-11,14-17H,5-7,12-13H2,1-4H3,(H,22,25). The number of hydrogen-bond donors (Lipinski definition) is 1. The summed E-state index contributed by atoms with van der Waals surface area (Å²) in [5, 5.41) is 2.87. The Morgan fingerprint density at radius 2 is 1.79 bits per heavy atom. The summed E-state index contributed by atoms with van der Waals surface area (Å²) in [5.41, 5.74) is 1.15. The van der Waals surface area contributed by atoms with Gasteiger partial charge in [0.1, 0.15) is 12.1 Å². The summed E-state index contributed by atoms with van der Waals surface area (Å²) in [4.78, 5) is 16.3. The number of nitrogens with zero attached hydrogens (tertiary/aromatic N) is 2. The number of imidazole rings is 1. The van der Waals surface area contributed by atoms with Crippen LogP contribution in [0.15, 0.2) is 36.8 Å². The first-order chi connectivity index (χ1) is 13.7. The molecule has 8 heteroatoms. The molecule has 1 N–H and O–H groups in total. The summed E-state index contributed by atoms with van der Waals surface area (Å²) in [6, 6.07) is 6.03. The van der Waals surface area contributed by atoms with Gasteiger partial charge >= 0.3 is 10.3 Å². The molecular weight excluding hydrogens is 390 g/mol. The van der Waals surface area contributed by atoms with Gasteiger partial charge in [0, 0.05) is 18.3 Å². The van der Waals surface area contributed by atoms with Crippen LogP contribution in [-0.4, -0.2) is 29.8 Å². The highest BCUT2D eigenvalue weighted by Crippen LogP contribution is 2.16. The van der Waals surface area contributed by atoms with E-state index in [9.17, 15) is 13.2 Å². The minimum absolute atomic E-state index is 0.137. The van der Waals surface area contributed by atoms with E-state index in [0.717, 1.165) is 23.2 Å². The van der Waals surface area contributed by atoms with Gasteiger partial charge in [-0.1, -0.05) is 40.5 Å². The Bertz CT molecular complexity index is 887. The molecule has 7 nitrogen and oxygen atoms in total. The zero-order chi connectivity index (χ0) is 21.4. The van der Waals surface area contributed by atoms with Crippen LogP contribution in [0.25, 0.3) is 0 Å². The minimum Gasteiger partial charge on any atom is -0.366 e. The van der Waals surface area contributed by atoms with Crippen molar-refractivity contribution in [2.24, 2.45) is 11.8 Å². The smallest absolute Gasteiger partial charge is 0.366 e. The number of hydrogen-bond acceptors (Lipinski definition) is 5. The van der Waals surface area contributed by atoms with E-state index in [0.29, 0.717) is 36.1 Å². The van der Waals surface area contributed by atoms with E-state index in [1.54, 1.807) is 12.1 Å². The maximum atomic E-state index is 12.4. The monoisotopic (exact) mass is 421 g/mol. The Labute approximate surface area is 173 Å². The zero-order valence-corrected chi connectivity index (χ0v) is 18.4. The molecule has 1 aromatic heterocycles. The molecule has 2 rings (SSSR count). The molecule has 0 unspecified atom stereocenters. The first-order valence-electron chi connectivity index (χ1n) is 10.0. The fraction of sp³-hybridized carbons (Fsp3) is 0.524. The lowest BCUT2D eigenvalue weighted by Crippen LogP contribution is -2.24. The summed E-state index contributed by atoms with van der Waals surface area (Å²) < 4.78 is 30.9. The van der Waals surface area contributed by atoms with Crippen LogP contribution in [0, 0.1) is 11.8 Å². The van der Waals surface area contributed by atoms with Crippen molar-refractivity contribution in [3.05, 3.63) is 48.0 Å². The van der Waals surface area contributed by atoms with Gasteiger partial charge in [0.2, 0.25) is 0 Å². The van der Waals surface area contributed by atoms with Crippen LogP contribution in [0.3, 0.4) is 0 Å². The Hall–Kier alpha value is -2.35. The Morgan fingerprint density at radius 3 is 2.41 bits per heavy atom. The molecule has 2 aromatic rings. The minimum atomic E-state index is -4.04. The molecule has 0 aliphatic heterocycles. The molecule has 0 fully saturated rings. The summed E-state index contributed by atoms with van der Waals surface area (Å²) in [6.07, 6.45) is 6.53. The van der Waals surface area contributed by atoms with E-state index in [4.69, 9.17) is 4.18 Å². The molecule has 0 radical (unpaired) electrons. The number of unbranched alkanes of at least 4 members (excludes halogenated alkanes) is 1. The Morgan fingerprint density at radius 1 is 1.10 bits per heavy atom. The van der Waals surface area contributed by atoms with Crippen molar-refractivity contribution in [1.82, 2.24) is 14.3 Å². The van der Waals surface area contributed by atoms with Crippen LogP contribution in [0.4, 0.5) is 0 Å². The van der Waals surface area contributed by atoms with E-state index in [-0.39, 0.29) is 11.7 Å². The third-order valence-electron chi connectivity index (χ3n) is 4.30. The summed E-state index contributed by atoms with van der Waals surface area (Å²) >= 11 is 0. The fourth-order valence-electron chi connectivity index (χ4n) is 2.80. The maximum Gasteiger partial charge on any atom is 0.414 e. The average molecular weight is 422 g/mol. The molecule has 160 valence electrons. The molecule has 0 saturated heterocycles. The Balaban J connectivity index is 1.90. The number of aromatic nitrogens is 2. The zero-order valence-electron chi connectivity index (χ0n) is 17.6. The van der Waals surface area contributed by atoms with E-state index in [2.05, 4.69) is 24.1 Å². The SMILES string of the molecule is CC(C)CCCCNC(=O)c1ccc(OS(=O)(=O)n2cnc(CC(C)C)c2)cc1. The normalized spacial score (nSPS) is 11.8. The molecule has 0 bridgehead atoms. The summed E-state index contributed by atoms with van der Waals surface area (Å²) in [7, 11) is -4.04. The number of rotatable bonds is 11. The predicted octanol–water partition coefficient (Wildman–Crippen LogP) is 3.81. The van der Waals surface area contributed by atoms with Crippen LogP contribution >= 0.6 is 0 Å². The van der Waals surface area contributed by atoms with Gasteiger partial charge in [0.05, 0.1) is 5.69 Å². The third-order valence-corrected chi connectivity index (χ3v) is 5.42. The van der Waals surface area contributed by atoms with Crippen LogP contribution in [-0.2, 0) is 16.7 Å². The van der Waals surface area contributed by atoms with Crippen LogP contribution in [0.2, 0.25) is 0 Å². The highest BCUT2D eigenvalue weighted by molar-refractivity contribution is 7.85. The van der Waals surface area contributed by atoms with Gasteiger partial charge in [-0.2, -0.15) is 8.42 Å². The number of carbonyl (C=O) groups is 1. The molecule has 0 aliphatic carbocycles. The highest BCUT2D eigenvalue weighted by Gasteiger charge is 2.17. The predicted molar refractivity (Wildman–Crippen MR) is 113 cm³/mol. The van der Waals surface area contributed by atoms with Crippen LogP contribution in [0.5, 0.6) is 5.75 Å². The van der Waals surface area contributed by atoms with Gasteiger partial charge in [-0.15, -0.1) is 0 Å². The molecular formula is C21H31N3O4S. The number of nitrogens with one attached hydrogen (secondary N) is 1. The van der Waals surface area contributed by atoms with Crippen molar-refractivity contribution in [2.75, 3.05) is 6.54 Å². The first-order valence-corrected chi connectivity index (χ1v) is 11.4. The van der Waals surface area contributed by atoms with Crippen molar-refractivity contribution in [1.29, 1.82) is 0 Å². The van der Waals surface area contributed by atoms with E-state index in [1.165, 1.54) is 24.7 Å². The summed E-state index contributed by atoms with van der Waals surface area (Å²) in [5.74, 6) is 0.990. The fourth-order valence-corrected chi connectivity index (χ4v) is 3.65. The third kappa shape index (κ3) is 7.53. The van der Waals surface area contributed by atoms with Gasteiger partial charge in [-0.3, -0.25) is 4.79 Å². The number of amides is 1. The quantitative estimate of drug-likeness (QED) is 0.557. The van der Waals surface area contributed by atoms with E-state index >= 15 is 0 Å². The molecule has 1 amide bonds. The molecule has 1 heterocycles.